The standard InChI is InChI=1S/C29H31F3O2/c1-3-33-17-21-8-13-24(26(30)16-21)22-11-6-20(7-12-22)18-34-27-15-14-25(28(31)29(27)32)23-9-4-19(2)5-10-23/h4-5,8-10,13-16,20,22H,3,6-7,11-12,17-18H2,1-2H3. The first-order chi connectivity index (χ1) is 16.5. The van der Waals surface area contributed by atoms with E-state index >= 15 is 0 Å². The maximum absolute atomic E-state index is 14.7. The Labute approximate surface area is 199 Å². The second-order valence-electron chi connectivity index (χ2n) is 9.13. The summed E-state index contributed by atoms with van der Waals surface area (Å²) in [7, 11) is 0. The molecule has 0 unspecified atom stereocenters. The molecule has 0 bridgehead atoms. The lowest BCUT2D eigenvalue weighted by atomic mass is 9.78. The molecule has 4 rings (SSSR count). The van der Waals surface area contributed by atoms with E-state index < -0.39 is 11.6 Å². The summed E-state index contributed by atoms with van der Waals surface area (Å²) in [6.07, 6.45) is 3.41. The first-order valence-electron chi connectivity index (χ1n) is 12.0. The maximum Gasteiger partial charge on any atom is 0.201 e. The SMILES string of the molecule is CCOCc1ccc(C2CCC(COc3ccc(-c4ccc(C)cc4)c(F)c3F)CC2)c(F)c1. The molecule has 0 aromatic heterocycles. The molecule has 0 heterocycles. The molecule has 180 valence electrons. The number of rotatable bonds is 8. The summed E-state index contributed by atoms with van der Waals surface area (Å²) in [4.78, 5) is 0. The predicted molar refractivity (Wildman–Crippen MR) is 128 cm³/mol. The summed E-state index contributed by atoms with van der Waals surface area (Å²) in [5.74, 6) is -1.69. The summed E-state index contributed by atoms with van der Waals surface area (Å²) >= 11 is 0. The fraction of sp³-hybridized carbons (Fsp3) is 0.379. The highest BCUT2D eigenvalue weighted by molar-refractivity contribution is 5.65. The Hall–Kier alpha value is -2.79. The minimum absolute atomic E-state index is 0.0635. The van der Waals surface area contributed by atoms with E-state index in [1.165, 1.54) is 6.07 Å². The van der Waals surface area contributed by atoms with E-state index in [0.717, 1.165) is 42.4 Å². The van der Waals surface area contributed by atoms with E-state index in [-0.39, 0.29) is 29.0 Å². The van der Waals surface area contributed by atoms with Crippen molar-refractivity contribution in [1.29, 1.82) is 0 Å². The zero-order valence-electron chi connectivity index (χ0n) is 19.8. The quantitative estimate of drug-likeness (QED) is 0.334. The van der Waals surface area contributed by atoms with Gasteiger partial charge >= 0.3 is 0 Å². The number of ether oxygens (including phenoxy) is 2. The highest BCUT2D eigenvalue weighted by Crippen LogP contribution is 2.38. The third-order valence-corrected chi connectivity index (χ3v) is 6.71. The van der Waals surface area contributed by atoms with Crippen molar-refractivity contribution in [3.63, 3.8) is 0 Å². The number of halogens is 3. The molecule has 1 aliphatic carbocycles. The molecule has 0 N–H and O–H groups in total. The Bertz CT molecular complexity index is 1100. The third kappa shape index (κ3) is 5.64. The normalized spacial score (nSPS) is 18.1. The molecule has 5 heteroatoms. The second kappa shape index (κ2) is 11.1. The average Bonchev–Trinajstić information content (AvgIpc) is 2.85. The van der Waals surface area contributed by atoms with Crippen LogP contribution < -0.4 is 4.74 Å². The summed E-state index contributed by atoms with van der Waals surface area (Å²) in [5, 5.41) is 0. The highest BCUT2D eigenvalue weighted by atomic mass is 19.2. The van der Waals surface area contributed by atoms with Crippen LogP contribution in [-0.2, 0) is 11.3 Å². The molecular weight excluding hydrogens is 437 g/mol. The van der Waals surface area contributed by atoms with Crippen LogP contribution in [0.1, 0.15) is 55.2 Å². The topological polar surface area (TPSA) is 18.5 Å². The van der Waals surface area contributed by atoms with Crippen molar-refractivity contribution in [2.75, 3.05) is 13.2 Å². The van der Waals surface area contributed by atoms with Gasteiger partial charge in [-0.3, -0.25) is 0 Å². The van der Waals surface area contributed by atoms with Gasteiger partial charge in [-0.2, -0.15) is 4.39 Å². The Kier molecular flexibility index (Phi) is 7.94. The number of benzene rings is 3. The molecule has 0 amide bonds. The summed E-state index contributed by atoms with van der Waals surface area (Å²) in [5.41, 5.74) is 3.50. The maximum atomic E-state index is 14.7. The minimum atomic E-state index is -0.957. The van der Waals surface area contributed by atoms with Gasteiger partial charge in [-0.05, 0) is 86.3 Å². The molecule has 0 aliphatic heterocycles. The lowest BCUT2D eigenvalue weighted by Gasteiger charge is -2.29. The fourth-order valence-electron chi connectivity index (χ4n) is 4.66. The van der Waals surface area contributed by atoms with Gasteiger partial charge in [-0.1, -0.05) is 42.0 Å². The molecule has 0 radical (unpaired) electrons. The number of aryl methyl sites for hydroxylation is 1. The minimum Gasteiger partial charge on any atom is -0.490 e. The van der Waals surface area contributed by atoms with Gasteiger partial charge in [-0.15, -0.1) is 0 Å². The first kappa shape index (κ1) is 24.3. The third-order valence-electron chi connectivity index (χ3n) is 6.71. The van der Waals surface area contributed by atoms with E-state index in [1.807, 2.05) is 38.1 Å². The van der Waals surface area contributed by atoms with Crippen LogP contribution in [0.3, 0.4) is 0 Å². The van der Waals surface area contributed by atoms with E-state index in [9.17, 15) is 13.2 Å². The van der Waals surface area contributed by atoms with E-state index in [1.54, 1.807) is 24.3 Å². The number of hydrogen-bond donors (Lipinski definition) is 0. The van der Waals surface area contributed by atoms with Crippen LogP contribution in [0, 0.1) is 30.3 Å². The smallest absolute Gasteiger partial charge is 0.201 e. The van der Waals surface area contributed by atoms with Gasteiger partial charge in [0.15, 0.2) is 11.6 Å². The first-order valence-corrected chi connectivity index (χ1v) is 12.0. The Morgan fingerprint density at radius 1 is 0.853 bits per heavy atom. The lowest BCUT2D eigenvalue weighted by molar-refractivity contribution is 0.134. The summed E-state index contributed by atoms with van der Waals surface area (Å²) in [6, 6.07) is 15.7. The molecule has 1 aliphatic rings. The van der Waals surface area contributed by atoms with Crippen molar-refractivity contribution < 1.29 is 22.6 Å². The molecule has 0 atom stereocenters. The van der Waals surface area contributed by atoms with Crippen molar-refractivity contribution in [1.82, 2.24) is 0 Å². The molecule has 34 heavy (non-hydrogen) atoms. The van der Waals surface area contributed by atoms with Crippen LogP contribution in [0.4, 0.5) is 13.2 Å². The zero-order chi connectivity index (χ0) is 24.1. The summed E-state index contributed by atoms with van der Waals surface area (Å²) in [6.45, 7) is 5.20. The van der Waals surface area contributed by atoms with E-state index in [2.05, 4.69) is 0 Å². The predicted octanol–water partition coefficient (Wildman–Crippen LogP) is 7.97. The van der Waals surface area contributed by atoms with Crippen molar-refractivity contribution in [2.24, 2.45) is 5.92 Å². The van der Waals surface area contributed by atoms with Crippen molar-refractivity contribution in [3.05, 3.63) is 88.7 Å². The lowest BCUT2D eigenvalue weighted by Crippen LogP contribution is -2.20. The molecular formula is C29H31F3O2. The van der Waals surface area contributed by atoms with Gasteiger partial charge in [0, 0.05) is 12.2 Å². The number of hydrogen-bond acceptors (Lipinski definition) is 2. The summed E-state index contributed by atoms with van der Waals surface area (Å²) < 4.78 is 55.0. The molecule has 3 aromatic rings. The molecule has 0 spiro atoms. The average molecular weight is 469 g/mol. The molecule has 3 aromatic carbocycles. The van der Waals surface area contributed by atoms with Gasteiger partial charge in [0.2, 0.25) is 5.82 Å². The van der Waals surface area contributed by atoms with Crippen LogP contribution in [0.5, 0.6) is 5.75 Å². The van der Waals surface area contributed by atoms with Gasteiger partial charge in [-0.25, -0.2) is 8.78 Å². The van der Waals surface area contributed by atoms with Gasteiger partial charge in [0.25, 0.3) is 0 Å². The van der Waals surface area contributed by atoms with Gasteiger partial charge < -0.3 is 9.47 Å². The highest BCUT2D eigenvalue weighted by Gasteiger charge is 2.25. The largest absolute Gasteiger partial charge is 0.490 e. The van der Waals surface area contributed by atoms with Crippen LogP contribution in [0.15, 0.2) is 54.6 Å². The van der Waals surface area contributed by atoms with Crippen molar-refractivity contribution in [3.8, 4) is 16.9 Å². The molecule has 1 fully saturated rings. The Morgan fingerprint density at radius 2 is 1.59 bits per heavy atom. The van der Waals surface area contributed by atoms with Gasteiger partial charge in [0.1, 0.15) is 5.82 Å². The van der Waals surface area contributed by atoms with Crippen LogP contribution >= 0.6 is 0 Å². The Morgan fingerprint density at radius 3 is 2.26 bits per heavy atom. The fourth-order valence-corrected chi connectivity index (χ4v) is 4.66. The van der Waals surface area contributed by atoms with Gasteiger partial charge in [0.05, 0.1) is 13.2 Å². The van der Waals surface area contributed by atoms with Crippen LogP contribution in [0.2, 0.25) is 0 Å². The van der Waals surface area contributed by atoms with Crippen LogP contribution in [-0.4, -0.2) is 13.2 Å². The Balaban J connectivity index is 1.33. The second-order valence-corrected chi connectivity index (χ2v) is 9.13. The zero-order valence-corrected chi connectivity index (χ0v) is 19.8. The van der Waals surface area contributed by atoms with E-state index in [4.69, 9.17) is 9.47 Å². The monoisotopic (exact) mass is 468 g/mol. The molecule has 0 saturated heterocycles. The van der Waals surface area contributed by atoms with E-state index in [0.29, 0.717) is 25.4 Å². The molecule has 1 saturated carbocycles. The van der Waals surface area contributed by atoms with Crippen LogP contribution in [0.25, 0.3) is 11.1 Å². The van der Waals surface area contributed by atoms with Crippen molar-refractivity contribution >= 4 is 0 Å². The van der Waals surface area contributed by atoms with Crippen molar-refractivity contribution in [2.45, 2.75) is 52.1 Å². The molecule has 2 nitrogen and oxygen atoms in total.